The molecule has 0 unspecified atom stereocenters. The number of hydrogen-bond donors (Lipinski definition) is 2. The van der Waals surface area contributed by atoms with Crippen LogP contribution < -0.4 is 11.1 Å². The molecule has 114 valence electrons. The van der Waals surface area contributed by atoms with Crippen LogP contribution in [-0.2, 0) is 9.59 Å². The summed E-state index contributed by atoms with van der Waals surface area (Å²) in [6.07, 6.45) is 1.35. The molecule has 1 aromatic carbocycles. The van der Waals surface area contributed by atoms with Gasteiger partial charge in [-0.15, -0.1) is 0 Å². The Bertz CT molecular complexity index is 525. The van der Waals surface area contributed by atoms with Crippen LogP contribution >= 0.6 is 15.9 Å². The second kappa shape index (κ2) is 7.04. The molecule has 3 N–H and O–H groups in total. The number of likely N-dealkylation sites (tertiary alicyclic amines) is 1. The number of halogens is 1. The summed E-state index contributed by atoms with van der Waals surface area (Å²) in [5, 5.41) is 2.93. The van der Waals surface area contributed by atoms with E-state index in [4.69, 9.17) is 5.73 Å². The number of hydrogen-bond acceptors (Lipinski definition) is 3. The largest absolute Gasteiger partial charge is 0.341 e. The zero-order valence-corrected chi connectivity index (χ0v) is 13.6. The summed E-state index contributed by atoms with van der Waals surface area (Å²) in [7, 11) is 0. The lowest BCUT2D eigenvalue weighted by molar-refractivity contribution is -0.135. The molecular formula is C15H20BrN3O2. The van der Waals surface area contributed by atoms with Crippen molar-refractivity contribution in [2.24, 2.45) is 11.7 Å². The standard InChI is InChI=1S/C15H20BrN3O2/c1-10(17)15(21)19-8-6-11(7-9-19)14(20)18-13-5-3-2-4-12(13)16/h2-5,10-11H,6-9,17H2,1H3,(H,18,20)/t10-/m0/s1. The van der Waals surface area contributed by atoms with E-state index in [1.807, 2.05) is 24.3 Å². The van der Waals surface area contributed by atoms with Crippen LogP contribution in [0.15, 0.2) is 28.7 Å². The van der Waals surface area contributed by atoms with E-state index in [0.717, 1.165) is 10.2 Å². The molecule has 0 aliphatic carbocycles. The predicted molar refractivity (Wildman–Crippen MR) is 85.7 cm³/mol. The number of amides is 2. The van der Waals surface area contributed by atoms with E-state index >= 15 is 0 Å². The Morgan fingerprint density at radius 3 is 2.52 bits per heavy atom. The SMILES string of the molecule is C[C@H](N)C(=O)N1CCC(C(=O)Nc2ccccc2Br)CC1. The minimum atomic E-state index is -0.476. The molecule has 21 heavy (non-hydrogen) atoms. The third-order valence-electron chi connectivity index (χ3n) is 3.70. The van der Waals surface area contributed by atoms with Gasteiger partial charge in [0, 0.05) is 23.5 Å². The molecule has 0 spiro atoms. The Morgan fingerprint density at radius 2 is 1.95 bits per heavy atom. The molecule has 2 amide bonds. The second-order valence-corrected chi connectivity index (χ2v) is 6.21. The number of para-hydroxylation sites is 1. The number of nitrogens with one attached hydrogen (secondary N) is 1. The zero-order chi connectivity index (χ0) is 15.4. The van der Waals surface area contributed by atoms with Crippen LogP contribution in [0.3, 0.4) is 0 Å². The van der Waals surface area contributed by atoms with E-state index in [-0.39, 0.29) is 17.7 Å². The van der Waals surface area contributed by atoms with Gasteiger partial charge in [0.2, 0.25) is 11.8 Å². The summed E-state index contributed by atoms with van der Waals surface area (Å²) in [4.78, 5) is 25.8. The van der Waals surface area contributed by atoms with E-state index in [1.54, 1.807) is 11.8 Å². The van der Waals surface area contributed by atoms with Crippen molar-refractivity contribution in [3.05, 3.63) is 28.7 Å². The molecule has 1 fully saturated rings. The number of rotatable bonds is 3. The number of nitrogens with two attached hydrogens (primary N) is 1. The van der Waals surface area contributed by atoms with E-state index in [1.165, 1.54) is 0 Å². The Balaban J connectivity index is 1.89. The van der Waals surface area contributed by atoms with Crippen molar-refractivity contribution in [1.29, 1.82) is 0 Å². The van der Waals surface area contributed by atoms with Gasteiger partial charge in [-0.1, -0.05) is 12.1 Å². The van der Waals surface area contributed by atoms with Gasteiger partial charge in [-0.05, 0) is 47.8 Å². The number of nitrogens with zero attached hydrogens (tertiary/aromatic N) is 1. The zero-order valence-electron chi connectivity index (χ0n) is 12.0. The fourth-order valence-corrected chi connectivity index (χ4v) is 2.83. The van der Waals surface area contributed by atoms with E-state index in [0.29, 0.717) is 25.9 Å². The highest BCUT2D eigenvalue weighted by atomic mass is 79.9. The van der Waals surface area contributed by atoms with Crippen LogP contribution in [0.4, 0.5) is 5.69 Å². The van der Waals surface area contributed by atoms with Crippen molar-refractivity contribution in [1.82, 2.24) is 4.90 Å². The fraction of sp³-hybridized carbons (Fsp3) is 0.467. The minimum Gasteiger partial charge on any atom is -0.341 e. The van der Waals surface area contributed by atoms with Gasteiger partial charge in [0.1, 0.15) is 0 Å². The molecular weight excluding hydrogens is 334 g/mol. The number of carbonyl (C=O) groups is 2. The Hall–Kier alpha value is -1.40. The molecule has 5 nitrogen and oxygen atoms in total. The minimum absolute atomic E-state index is 0.00907. The maximum atomic E-state index is 12.3. The third kappa shape index (κ3) is 4.04. The molecule has 1 aliphatic rings. The molecule has 6 heteroatoms. The third-order valence-corrected chi connectivity index (χ3v) is 4.39. The summed E-state index contributed by atoms with van der Waals surface area (Å²) >= 11 is 3.41. The lowest BCUT2D eigenvalue weighted by Crippen LogP contribution is -2.47. The Kier molecular flexibility index (Phi) is 5.36. The van der Waals surface area contributed by atoms with Crippen molar-refractivity contribution in [3.8, 4) is 0 Å². The lowest BCUT2D eigenvalue weighted by atomic mass is 9.95. The van der Waals surface area contributed by atoms with Crippen LogP contribution in [-0.4, -0.2) is 35.8 Å². The summed E-state index contributed by atoms with van der Waals surface area (Å²) in [6.45, 7) is 2.87. The number of benzene rings is 1. The monoisotopic (exact) mass is 353 g/mol. The first kappa shape index (κ1) is 16.0. The second-order valence-electron chi connectivity index (χ2n) is 5.36. The topological polar surface area (TPSA) is 75.4 Å². The molecule has 1 saturated heterocycles. The quantitative estimate of drug-likeness (QED) is 0.872. The molecule has 0 bridgehead atoms. The van der Waals surface area contributed by atoms with Crippen LogP contribution in [0.25, 0.3) is 0 Å². The van der Waals surface area contributed by atoms with Gasteiger partial charge in [-0.25, -0.2) is 0 Å². The Labute approximate surface area is 133 Å². The Morgan fingerprint density at radius 1 is 1.33 bits per heavy atom. The molecule has 1 aliphatic heterocycles. The van der Waals surface area contributed by atoms with Crippen LogP contribution in [0.5, 0.6) is 0 Å². The van der Waals surface area contributed by atoms with Gasteiger partial charge >= 0.3 is 0 Å². The van der Waals surface area contributed by atoms with Crippen LogP contribution in [0.1, 0.15) is 19.8 Å². The van der Waals surface area contributed by atoms with Gasteiger partial charge in [0.05, 0.1) is 11.7 Å². The molecule has 0 aromatic heterocycles. The molecule has 1 heterocycles. The normalized spacial score (nSPS) is 17.4. The van der Waals surface area contributed by atoms with Gasteiger partial charge < -0.3 is 16.0 Å². The number of piperidine rings is 1. The molecule has 1 aromatic rings. The average molecular weight is 354 g/mol. The first-order valence-electron chi connectivity index (χ1n) is 7.09. The number of anilines is 1. The molecule has 2 rings (SSSR count). The predicted octanol–water partition coefficient (Wildman–Crippen LogP) is 1.97. The molecule has 1 atom stereocenters. The average Bonchev–Trinajstić information content (AvgIpc) is 2.49. The van der Waals surface area contributed by atoms with Crippen molar-refractivity contribution in [3.63, 3.8) is 0 Å². The van der Waals surface area contributed by atoms with Crippen molar-refractivity contribution >= 4 is 33.4 Å². The summed E-state index contributed by atoms with van der Waals surface area (Å²) in [5.74, 6) is -0.0938. The van der Waals surface area contributed by atoms with Crippen molar-refractivity contribution in [2.75, 3.05) is 18.4 Å². The molecule has 0 saturated carbocycles. The lowest BCUT2D eigenvalue weighted by Gasteiger charge is -2.32. The van der Waals surface area contributed by atoms with Gasteiger partial charge in [-0.2, -0.15) is 0 Å². The van der Waals surface area contributed by atoms with Crippen molar-refractivity contribution < 1.29 is 9.59 Å². The summed E-state index contributed by atoms with van der Waals surface area (Å²) in [5.41, 5.74) is 6.38. The highest BCUT2D eigenvalue weighted by Gasteiger charge is 2.28. The van der Waals surface area contributed by atoms with Crippen LogP contribution in [0, 0.1) is 5.92 Å². The highest BCUT2D eigenvalue weighted by molar-refractivity contribution is 9.10. The maximum absolute atomic E-state index is 12.3. The fourth-order valence-electron chi connectivity index (χ4n) is 2.45. The van der Waals surface area contributed by atoms with Gasteiger partial charge in [-0.3, -0.25) is 9.59 Å². The van der Waals surface area contributed by atoms with E-state index in [9.17, 15) is 9.59 Å². The van der Waals surface area contributed by atoms with Gasteiger partial charge in [0.15, 0.2) is 0 Å². The van der Waals surface area contributed by atoms with Crippen molar-refractivity contribution in [2.45, 2.75) is 25.8 Å². The first-order valence-corrected chi connectivity index (χ1v) is 7.88. The highest BCUT2D eigenvalue weighted by Crippen LogP contribution is 2.24. The summed E-state index contributed by atoms with van der Waals surface area (Å²) < 4.78 is 0.864. The summed E-state index contributed by atoms with van der Waals surface area (Å²) in [6, 6.07) is 7.05. The maximum Gasteiger partial charge on any atom is 0.239 e. The van der Waals surface area contributed by atoms with Gasteiger partial charge in [0.25, 0.3) is 0 Å². The smallest absolute Gasteiger partial charge is 0.239 e. The van der Waals surface area contributed by atoms with Crippen LogP contribution in [0.2, 0.25) is 0 Å². The van der Waals surface area contributed by atoms with E-state index < -0.39 is 6.04 Å². The number of carbonyl (C=O) groups excluding carboxylic acids is 2. The van der Waals surface area contributed by atoms with E-state index in [2.05, 4.69) is 21.2 Å². The first-order chi connectivity index (χ1) is 9.99. The molecule has 0 radical (unpaired) electrons.